The highest BCUT2D eigenvalue weighted by atomic mass is 16.3. The third kappa shape index (κ3) is 3.29. The monoisotopic (exact) mass is 286 g/mol. The topological polar surface area (TPSA) is 115 Å². The third-order valence-corrected chi connectivity index (χ3v) is 3.24. The molecule has 0 unspecified atom stereocenters. The maximum Gasteiger partial charge on any atom is 0.142 e. The fourth-order valence-corrected chi connectivity index (χ4v) is 2.01. The van der Waals surface area contributed by atoms with Crippen LogP contribution in [0.2, 0.25) is 0 Å². The Morgan fingerprint density at radius 1 is 1.43 bits per heavy atom. The van der Waals surface area contributed by atoms with E-state index in [2.05, 4.69) is 10.3 Å². The van der Waals surface area contributed by atoms with Gasteiger partial charge in [-0.25, -0.2) is 0 Å². The van der Waals surface area contributed by atoms with Crippen molar-refractivity contribution in [2.24, 2.45) is 5.73 Å². The minimum Gasteiger partial charge on any atom is -0.506 e. The van der Waals surface area contributed by atoms with Crippen molar-refractivity contribution in [2.45, 2.75) is 20.1 Å². The van der Waals surface area contributed by atoms with E-state index in [-0.39, 0.29) is 18.2 Å². The molecule has 110 valence electrons. The molecule has 0 fully saturated rings. The van der Waals surface area contributed by atoms with Crippen LogP contribution in [-0.2, 0) is 13.2 Å². The van der Waals surface area contributed by atoms with Gasteiger partial charge in [0.25, 0.3) is 0 Å². The molecule has 6 heteroatoms. The first-order valence-corrected chi connectivity index (χ1v) is 6.48. The Labute approximate surface area is 122 Å². The molecule has 0 amide bonds. The van der Waals surface area contributed by atoms with Crippen LogP contribution in [-0.4, -0.2) is 21.0 Å². The number of nitrogens with one attached hydrogen (secondary N) is 2. The molecule has 1 aromatic heterocycles. The van der Waals surface area contributed by atoms with Crippen LogP contribution in [0.1, 0.15) is 22.4 Å². The van der Waals surface area contributed by atoms with E-state index in [1.807, 2.05) is 6.07 Å². The van der Waals surface area contributed by atoms with Gasteiger partial charge in [0.2, 0.25) is 0 Å². The van der Waals surface area contributed by atoms with Crippen LogP contribution < -0.4 is 11.1 Å². The van der Waals surface area contributed by atoms with Crippen LogP contribution in [0.5, 0.6) is 5.75 Å². The largest absolute Gasteiger partial charge is 0.506 e. The van der Waals surface area contributed by atoms with Crippen molar-refractivity contribution < 1.29 is 10.2 Å². The second-order valence-electron chi connectivity index (χ2n) is 4.70. The molecule has 0 radical (unpaired) electrons. The number of benzene rings is 1. The van der Waals surface area contributed by atoms with Gasteiger partial charge >= 0.3 is 0 Å². The Kier molecular flexibility index (Phi) is 4.39. The van der Waals surface area contributed by atoms with Crippen molar-refractivity contribution in [3.05, 3.63) is 52.8 Å². The molecule has 2 aromatic rings. The maximum absolute atomic E-state index is 9.90. The number of anilines is 1. The number of amidine groups is 1. The number of hydrogen-bond acceptors (Lipinski definition) is 5. The first-order chi connectivity index (χ1) is 10.0. The average molecular weight is 286 g/mol. The molecule has 1 aromatic carbocycles. The zero-order valence-electron chi connectivity index (χ0n) is 11.7. The number of rotatable bonds is 5. The highest BCUT2D eigenvalue weighted by Crippen LogP contribution is 2.24. The molecule has 6 nitrogen and oxygen atoms in total. The fraction of sp³-hybridized carbons (Fsp3) is 0.200. The molecular formula is C15H18N4O2. The molecule has 0 atom stereocenters. The molecule has 2 rings (SSSR count). The van der Waals surface area contributed by atoms with Gasteiger partial charge in [-0.05, 0) is 24.6 Å². The summed E-state index contributed by atoms with van der Waals surface area (Å²) in [7, 11) is 0. The summed E-state index contributed by atoms with van der Waals surface area (Å²) in [5.41, 5.74) is 8.56. The number of nitrogens with two attached hydrogens (primary N) is 1. The van der Waals surface area contributed by atoms with Gasteiger partial charge in [-0.1, -0.05) is 12.1 Å². The Balaban J connectivity index is 2.19. The summed E-state index contributed by atoms with van der Waals surface area (Å²) in [4.78, 5) is 4.09. The summed E-state index contributed by atoms with van der Waals surface area (Å²) in [6.07, 6.45) is 1.63. The van der Waals surface area contributed by atoms with Gasteiger partial charge in [0.1, 0.15) is 11.6 Å². The van der Waals surface area contributed by atoms with Gasteiger partial charge in [0.15, 0.2) is 0 Å². The first-order valence-electron chi connectivity index (χ1n) is 6.48. The van der Waals surface area contributed by atoms with E-state index in [0.29, 0.717) is 28.9 Å². The van der Waals surface area contributed by atoms with Crippen molar-refractivity contribution in [1.29, 1.82) is 5.41 Å². The second kappa shape index (κ2) is 6.23. The highest BCUT2D eigenvalue weighted by molar-refractivity contribution is 5.95. The van der Waals surface area contributed by atoms with Crippen LogP contribution in [0.25, 0.3) is 0 Å². The lowest BCUT2D eigenvalue weighted by molar-refractivity contribution is 0.273. The predicted molar refractivity (Wildman–Crippen MR) is 81.3 cm³/mol. The molecule has 0 saturated heterocycles. The predicted octanol–water partition coefficient (Wildman–Crippen LogP) is 1.48. The van der Waals surface area contributed by atoms with Crippen LogP contribution in [0.15, 0.2) is 30.5 Å². The van der Waals surface area contributed by atoms with Crippen molar-refractivity contribution in [2.75, 3.05) is 5.32 Å². The van der Waals surface area contributed by atoms with Gasteiger partial charge in [-0.3, -0.25) is 10.4 Å². The molecule has 6 N–H and O–H groups in total. The lowest BCUT2D eigenvalue weighted by atomic mass is 10.1. The summed E-state index contributed by atoms with van der Waals surface area (Å²) in [5, 5.41) is 29.9. The van der Waals surface area contributed by atoms with E-state index in [1.54, 1.807) is 31.3 Å². The first kappa shape index (κ1) is 14.8. The summed E-state index contributed by atoms with van der Waals surface area (Å²) in [5.74, 6) is 0.0265. The summed E-state index contributed by atoms with van der Waals surface area (Å²) >= 11 is 0. The lowest BCUT2D eigenvalue weighted by Gasteiger charge is -2.13. The number of pyridine rings is 1. The van der Waals surface area contributed by atoms with Gasteiger partial charge in [0, 0.05) is 29.6 Å². The summed E-state index contributed by atoms with van der Waals surface area (Å²) in [6, 6.07) is 7.18. The minimum atomic E-state index is -0.250. The zero-order chi connectivity index (χ0) is 15.4. The molecule has 0 saturated carbocycles. The summed E-state index contributed by atoms with van der Waals surface area (Å²) < 4.78 is 0. The minimum absolute atomic E-state index is 0.00402. The van der Waals surface area contributed by atoms with Crippen molar-refractivity contribution in [3.63, 3.8) is 0 Å². The third-order valence-electron chi connectivity index (χ3n) is 3.24. The van der Waals surface area contributed by atoms with Crippen molar-refractivity contribution in [3.8, 4) is 5.75 Å². The Morgan fingerprint density at radius 3 is 2.86 bits per heavy atom. The van der Waals surface area contributed by atoms with Crippen LogP contribution in [0, 0.1) is 12.3 Å². The van der Waals surface area contributed by atoms with Gasteiger partial charge in [-0.15, -0.1) is 0 Å². The highest BCUT2D eigenvalue weighted by Gasteiger charge is 2.10. The van der Waals surface area contributed by atoms with Gasteiger partial charge < -0.3 is 21.3 Å². The number of aromatic hydroxyl groups is 1. The number of aliphatic hydroxyl groups is 1. The zero-order valence-corrected chi connectivity index (χ0v) is 11.7. The number of aliphatic hydroxyl groups excluding tert-OH is 1. The average Bonchev–Trinajstić information content (AvgIpc) is 2.48. The normalized spacial score (nSPS) is 10.4. The van der Waals surface area contributed by atoms with Crippen LogP contribution in [0.3, 0.4) is 0 Å². The Hall–Kier alpha value is -2.60. The molecule has 0 aliphatic heterocycles. The number of nitrogen functional groups attached to an aromatic ring is 1. The molecule has 21 heavy (non-hydrogen) atoms. The van der Waals surface area contributed by atoms with Gasteiger partial charge in [0.05, 0.1) is 12.3 Å². The van der Waals surface area contributed by atoms with Crippen LogP contribution >= 0.6 is 0 Å². The van der Waals surface area contributed by atoms with E-state index >= 15 is 0 Å². The number of aryl methyl sites for hydroxylation is 1. The molecule has 1 heterocycles. The molecule has 0 bridgehead atoms. The van der Waals surface area contributed by atoms with E-state index in [4.69, 9.17) is 11.1 Å². The Bertz CT molecular complexity index is 671. The van der Waals surface area contributed by atoms with E-state index in [1.165, 1.54) is 0 Å². The number of nitrogens with zero attached hydrogens (tertiary/aromatic N) is 1. The molecule has 0 aliphatic carbocycles. The van der Waals surface area contributed by atoms with Crippen molar-refractivity contribution >= 4 is 11.5 Å². The van der Waals surface area contributed by atoms with Crippen molar-refractivity contribution in [1.82, 2.24) is 4.98 Å². The maximum atomic E-state index is 9.90. The smallest absolute Gasteiger partial charge is 0.142 e. The van der Waals surface area contributed by atoms with Crippen LogP contribution in [0.4, 0.5) is 5.69 Å². The Morgan fingerprint density at radius 2 is 2.19 bits per heavy atom. The molecular weight excluding hydrogens is 268 g/mol. The number of aromatic nitrogens is 1. The quantitative estimate of drug-likeness (QED) is 0.422. The second-order valence-corrected chi connectivity index (χ2v) is 4.70. The van der Waals surface area contributed by atoms with E-state index < -0.39 is 0 Å². The number of hydrogen-bond donors (Lipinski definition) is 5. The lowest BCUT2D eigenvalue weighted by Crippen LogP contribution is -2.11. The standard InChI is InChI=1S/C15H18N4O2/c1-9-14(21)13(8-20)11(6-18-9)7-19-12-4-2-3-10(5-12)15(16)17/h2-6,19-21H,7-8H2,1H3,(H3,16,17). The van der Waals surface area contributed by atoms with E-state index in [0.717, 1.165) is 5.69 Å². The van der Waals surface area contributed by atoms with Gasteiger partial charge in [-0.2, -0.15) is 0 Å². The van der Waals surface area contributed by atoms with E-state index in [9.17, 15) is 10.2 Å². The molecule has 0 spiro atoms. The fourth-order valence-electron chi connectivity index (χ4n) is 2.01. The molecule has 0 aliphatic rings. The summed E-state index contributed by atoms with van der Waals surface area (Å²) in [6.45, 7) is 1.83. The SMILES string of the molecule is Cc1ncc(CNc2cccc(C(=N)N)c2)c(CO)c1O.